The van der Waals surface area contributed by atoms with Crippen molar-refractivity contribution in [2.75, 3.05) is 0 Å². The molecule has 0 N–H and O–H groups in total. The molecule has 15 heavy (non-hydrogen) atoms. The predicted octanol–water partition coefficient (Wildman–Crippen LogP) is 3.63. The zero-order valence-corrected chi connectivity index (χ0v) is 9.44. The molecule has 2 aliphatic rings. The summed E-state index contributed by atoms with van der Waals surface area (Å²) in [5.74, 6) is 0. The van der Waals surface area contributed by atoms with Gasteiger partial charge in [0.05, 0.1) is 0 Å². The van der Waals surface area contributed by atoms with Crippen LogP contribution in [0.15, 0.2) is 6.07 Å². The molecule has 79 valence electrons. The number of rotatable bonds is 0. The molecule has 0 bridgehead atoms. The van der Waals surface area contributed by atoms with E-state index in [1.165, 1.54) is 57.8 Å². The highest BCUT2D eigenvalue weighted by atomic mass is 14.2. The third-order valence-electron chi connectivity index (χ3n) is 4.01. The Morgan fingerprint density at radius 1 is 0.733 bits per heavy atom. The Kier molecular flexibility index (Phi) is 2.52. The van der Waals surface area contributed by atoms with Gasteiger partial charge >= 0.3 is 0 Å². The Labute approximate surface area is 92.7 Å². The lowest BCUT2D eigenvalue weighted by Gasteiger charge is -2.21. The van der Waals surface area contributed by atoms with Crippen LogP contribution in [0.3, 0.4) is 0 Å². The topological polar surface area (TPSA) is 0 Å². The minimum atomic E-state index is 1.28. The Morgan fingerprint density at radius 3 is 2.47 bits per heavy atom. The smallest absolute Gasteiger partial charge is 0.0143 e. The highest BCUT2D eigenvalue weighted by Crippen LogP contribution is 2.30. The van der Waals surface area contributed by atoms with E-state index in [4.69, 9.17) is 0 Å². The minimum Gasteiger partial charge on any atom is -0.0527 e. The van der Waals surface area contributed by atoms with E-state index < -0.39 is 0 Å². The molecule has 0 heterocycles. The zero-order chi connectivity index (χ0) is 10.1. The fourth-order valence-electron chi connectivity index (χ4n) is 3.18. The largest absolute Gasteiger partial charge is 0.0527 e. The van der Waals surface area contributed by atoms with Gasteiger partial charge in [-0.05, 0) is 79.7 Å². The average molecular weight is 199 g/mol. The SMILES string of the molecule is [c]1cc2c(c3c1CCCCC3)CCCC2. The van der Waals surface area contributed by atoms with E-state index in [9.17, 15) is 0 Å². The van der Waals surface area contributed by atoms with Gasteiger partial charge in [0.1, 0.15) is 0 Å². The second kappa shape index (κ2) is 4.00. The molecule has 3 rings (SSSR count). The molecule has 1 aromatic carbocycles. The van der Waals surface area contributed by atoms with E-state index >= 15 is 0 Å². The first kappa shape index (κ1) is 9.45. The molecule has 0 atom stereocenters. The van der Waals surface area contributed by atoms with E-state index in [1.807, 2.05) is 0 Å². The number of benzene rings is 1. The molecule has 0 aromatic heterocycles. The first-order chi connectivity index (χ1) is 7.45. The first-order valence-electron chi connectivity index (χ1n) is 6.49. The summed E-state index contributed by atoms with van der Waals surface area (Å²) in [4.78, 5) is 0. The molecule has 2 aliphatic carbocycles. The van der Waals surface area contributed by atoms with Crippen molar-refractivity contribution >= 4 is 0 Å². The van der Waals surface area contributed by atoms with Crippen LogP contribution in [0.4, 0.5) is 0 Å². The molecule has 0 heteroatoms. The van der Waals surface area contributed by atoms with Gasteiger partial charge in [0, 0.05) is 0 Å². The summed E-state index contributed by atoms with van der Waals surface area (Å²) < 4.78 is 0. The second-order valence-electron chi connectivity index (χ2n) is 5.02. The standard InChI is InChI=1S/C15H19/c1-2-6-12-10-11-13-7-4-5-9-15(13)14(12)8-3-1/h11H,1-9H2. The average Bonchev–Trinajstić information content (AvgIpc) is 2.54. The highest BCUT2D eigenvalue weighted by Gasteiger charge is 2.17. The molecule has 0 amide bonds. The van der Waals surface area contributed by atoms with E-state index in [2.05, 4.69) is 12.1 Å². The van der Waals surface area contributed by atoms with Gasteiger partial charge in [0.25, 0.3) is 0 Å². The molecule has 1 radical (unpaired) electrons. The van der Waals surface area contributed by atoms with E-state index in [-0.39, 0.29) is 0 Å². The van der Waals surface area contributed by atoms with Crippen molar-refractivity contribution in [3.63, 3.8) is 0 Å². The fourth-order valence-corrected chi connectivity index (χ4v) is 3.18. The van der Waals surface area contributed by atoms with Crippen LogP contribution >= 0.6 is 0 Å². The van der Waals surface area contributed by atoms with Gasteiger partial charge in [-0.2, -0.15) is 0 Å². The molecular weight excluding hydrogens is 180 g/mol. The summed E-state index contributed by atoms with van der Waals surface area (Å²) in [6.45, 7) is 0. The number of fused-ring (bicyclic) bond motifs is 3. The van der Waals surface area contributed by atoms with Gasteiger partial charge in [0.15, 0.2) is 0 Å². The lowest BCUT2D eigenvalue weighted by molar-refractivity contribution is 0.672. The summed E-state index contributed by atoms with van der Waals surface area (Å²) in [7, 11) is 0. The van der Waals surface area contributed by atoms with E-state index in [0.29, 0.717) is 0 Å². The minimum absolute atomic E-state index is 1.28. The summed E-state index contributed by atoms with van der Waals surface area (Å²) in [6.07, 6.45) is 12.2. The Bertz CT molecular complexity index is 363. The molecule has 0 saturated heterocycles. The maximum atomic E-state index is 3.56. The molecule has 0 saturated carbocycles. The predicted molar refractivity (Wildman–Crippen MR) is 63.2 cm³/mol. The van der Waals surface area contributed by atoms with Crippen LogP contribution in [-0.4, -0.2) is 0 Å². The van der Waals surface area contributed by atoms with Crippen LogP contribution in [0.25, 0.3) is 0 Å². The van der Waals surface area contributed by atoms with Crippen LogP contribution < -0.4 is 0 Å². The molecule has 0 spiro atoms. The summed E-state index contributed by atoms with van der Waals surface area (Å²) in [5, 5.41) is 0. The fraction of sp³-hybridized carbons (Fsp3) is 0.600. The molecular formula is C15H19. The lowest BCUT2D eigenvalue weighted by Crippen LogP contribution is -2.08. The summed E-state index contributed by atoms with van der Waals surface area (Å²) in [5.41, 5.74) is 6.58. The number of hydrogen-bond acceptors (Lipinski definition) is 0. The second-order valence-corrected chi connectivity index (χ2v) is 5.02. The van der Waals surface area contributed by atoms with Crippen molar-refractivity contribution in [3.8, 4) is 0 Å². The van der Waals surface area contributed by atoms with Gasteiger partial charge < -0.3 is 0 Å². The summed E-state index contributed by atoms with van der Waals surface area (Å²) >= 11 is 0. The third-order valence-corrected chi connectivity index (χ3v) is 4.01. The molecule has 0 fully saturated rings. The normalized spacial score (nSPS) is 20.3. The number of hydrogen-bond donors (Lipinski definition) is 0. The van der Waals surface area contributed by atoms with Crippen LogP contribution in [0, 0.1) is 6.07 Å². The van der Waals surface area contributed by atoms with E-state index in [0.717, 1.165) is 0 Å². The van der Waals surface area contributed by atoms with E-state index in [1.54, 1.807) is 22.3 Å². The van der Waals surface area contributed by atoms with Gasteiger partial charge in [-0.15, -0.1) is 0 Å². The van der Waals surface area contributed by atoms with Crippen LogP contribution in [0.2, 0.25) is 0 Å². The molecule has 1 aromatic rings. The molecule has 0 aliphatic heterocycles. The Hall–Kier alpha value is -0.780. The highest BCUT2D eigenvalue weighted by molar-refractivity contribution is 5.42. The molecule has 0 nitrogen and oxygen atoms in total. The lowest BCUT2D eigenvalue weighted by atomic mass is 9.84. The maximum Gasteiger partial charge on any atom is -0.0143 e. The van der Waals surface area contributed by atoms with Crippen molar-refractivity contribution < 1.29 is 0 Å². The van der Waals surface area contributed by atoms with Crippen molar-refractivity contribution in [1.82, 2.24) is 0 Å². The van der Waals surface area contributed by atoms with Crippen LogP contribution in [-0.2, 0) is 25.7 Å². The van der Waals surface area contributed by atoms with Gasteiger partial charge in [-0.1, -0.05) is 12.5 Å². The van der Waals surface area contributed by atoms with Crippen molar-refractivity contribution in [3.05, 3.63) is 34.4 Å². The van der Waals surface area contributed by atoms with Crippen LogP contribution in [0.5, 0.6) is 0 Å². The zero-order valence-electron chi connectivity index (χ0n) is 9.44. The maximum absolute atomic E-state index is 3.56. The van der Waals surface area contributed by atoms with Gasteiger partial charge in [-0.25, -0.2) is 0 Å². The quantitative estimate of drug-likeness (QED) is 0.560. The monoisotopic (exact) mass is 199 g/mol. The first-order valence-corrected chi connectivity index (χ1v) is 6.49. The van der Waals surface area contributed by atoms with Gasteiger partial charge in [-0.3, -0.25) is 0 Å². The Morgan fingerprint density at radius 2 is 1.47 bits per heavy atom. The van der Waals surface area contributed by atoms with Crippen molar-refractivity contribution in [2.24, 2.45) is 0 Å². The van der Waals surface area contributed by atoms with Gasteiger partial charge in [0.2, 0.25) is 0 Å². The number of aryl methyl sites for hydroxylation is 2. The van der Waals surface area contributed by atoms with Crippen molar-refractivity contribution in [1.29, 1.82) is 0 Å². The Balaban J connectivity index is 2.08. The van der Waals surface area contributed by atoms with Crippen molar-refractivity contribution in [2.45, 2.75) is 57.8 Å². The molecule has 0 unspecified atom stereocenters. The van der Waals surface area contributed by atoms with Crippen LogP contribution in [0.1, 0.15) is 54.4 Å². The summed E-state index contributed by atoms with van der Waals surface area (Å²) in [6, 6.07) is 5.85. The third kappa shape index (κ3) is 1.71.